The Morgan fingerprint density at radius 2 is 1.86 bits per heavy atom. The lowest BCUT2D eigenvalue weighted by Gasteiger charge is -2.32. The molecule has 0 spiro atoms. The summed E-state index contributed by atoms with van der Waals surface area (Å²) in [6.07, 6.45) is 1.96. The summed E-state index contributed by atoms with van der Waals surface area (Å²) in [6, 6.07) is 5.53. The van der Waals surface area contributed by atoms with E-state index in [2.05, 4.69) is 12.6 Å². The first kappa shape index (κ1) is 17.7. The van der Waals surface area contributed by atoms with Crippen LogP contribution in [0.1, 0.15) is 33.3 Å². The predicted molar refractivity (Wildman–Crippen MR) is 95.9 cm³/mol. The fourth-order valence-corrected chi connectivity index (χ4v) is 2.55. The number of rotatable bonds is 4. The Labute approximate surface area is 143 Å². The molecule has 22 heavy (non-hydrogen) atoms. The molecule has 0 bridgehead atoms. The van der Waals surface area contributed by atoms with Crippen molar-refractivity contribution >= 4 is 37.4 Å². The molecule has 1 aromatic carbocycles. The molecule has 1 heterocycles. The summed E-state index contributed by atoms with van der Waals surface area (Å²) in [4.78, 5) is 0. The minimum absolute atomic E-state index is 0.377. The average molecular weight is 341 g/mol. The van der Waals surface area contributed by atoms with Crippen molar-refractivity contribution in [1.29, 1.82) is 0 Å². The van der Waals surface area contributed by atoms with Gasteiger partial charge < -0.3 is 14.0 Å². The van der Waals surface area contributed by atoms with Crippen molar-refractivity contribution in [1.82, 2.24) is 0 Å². The molecule has 1 saturated heterocycles. The Kier molecular flexibility index (Phi) is 5.22. The number of halogens is 1. The van der Waals surface area contributed by atoms with Gasteiger partial charge in [-0.15, -0.1) is 0 Å². The van der Waals surface area contributed by atoms with Crippen molar-refractivity contribution in [3.8, 4) is 5.75 Å². The van der Waals surface area contributed by atoms with Crippen LogP contribution in [0.4, 0.5) is 0 Å². The molecule has 2 rings (SSSR count). The van der Waals surface area contributed by atoms with Crippen LogP contribution in [0.3, 0.4) is 0 Å². The molecule has 3 nitrogen and oxygen atoms in total. The van der Waals surface area contributed by atoms with Crippen molar-refractivity contribution in [2.75, 3.05) is 12.9 Å². The van der Waals surface area contributed by atoms with Crippen molar-refractivity contribution in [3.63, 3.8) is 0 Å². The van der Waals surface area contributed by atoms with Crippen LogP contribution in [0.5, 0.6) is 5.75 Å². The first-order valence-corrected chi connectivity index (χ1v) is 8.22. The second-order valence-corrected chi connectivity index (χ2v) is 7.08. The Morgan fingerprint density at radius 1 is 1.27 bits per heavy atom. The molecule has 0 aliphatic carbocycles. The van der Waals surface area contributed by atoms with Gasteiger partial charge in [-0.1, -0.05) is 17.7 Å². The Bertz CT molecular complexity index is 571. The lowest BCUT2D eigenvalue weighted by atomic mass is 9.78. The van der Waals surface area contributed by atoms with Gasteiger partial charge >= 0.3 is 7.12 Å². The van der Waals surface area contributed by atoms with Crippen LogP contribution in [-0.4, -0.2) is 31.2 Å². The summed E-state index contributed by atoms with van der Waals surface area (Å²) in [7, 11) is 1.20. The summed E-state index contributed by atoms with van der Waals surface area (Å²) in [5.74, 6) is 1.27. The summed E-state index contributed by atoms with van der Waals surface area (Å²) < 4.78 is 17.4. The van der Waals surface area contributed by atoms with Gasteiger partial charge in [0.25, 0.3) is 0 Å². The molecule has 0 amide bonds. The van der Waals surface area contributed by atoms with Crippen LogP contribution in [0.2, 0.25) is 5.02 Å². The van der Waals surface area contributed by atoms with E-state index in [1.165, 1.54) is 0 Å². The summed E-state index contributed by atoms with van der Waals surface area (Å²) in [5, 5.41) is 0.650. The second kappa shape index (κ2) is 6.48. The normalized spacial score (nSPS) is 20.3. The minimum atomic E-state index is -0.426. The minimum Gasteiger partial charge on any atom is -0.497 e. The van der Waals surface area contributed by atoms with Crippen molar-refractivity contribution in [3.05, 3.63) is 34.3 Å². The number of hydrogen-bond donors (Lipinski definition) is 1. The van der Waals surface area contributed by atoms with Gasteiger partial charge in [0.15, 0.2) is 0 Å². The molecule has 0 radical (unpaired) electrons. The van der Waals surface area contributed by atoms with E-state index in [0.717, 1.165) is 16.8 Å². The van der Waals surface area contributed by atoms with Crippen LogP contribution in [0.15, 0.2) is 23.7 Å². The highest BCUT2D eigenvalue weighted by atomic mass is 35.5. The highest BCUT2D eigenvalue weighted by molar-refractivity contribution is 7.80. The highest BCUT2D eigenvalue weighted by Crippen LogP contribution is 2.39. The van der Waals surface area contributed by atoms with Gasteiger partial charge in [0.2, 0.25) is 0 Å². The Hall–Kier alpha value is -0.615. The molecule has 0 unspecified atom stereocenters. The third-order valence-electron chi connectivity index (χ3n) is 4.28. The Morgan fingerprint density at radius 3 is 2.36 bits per heavy atom. The van der Waals surface area contributed by atoms with Gasteiger partial charge in [0, 0.05) is 10.8 Å². The van der Waals surface area contributed by atoms with Gasteiger partial charge in [-0.2, -0.15) is 12.6 Å². The lowest BCUT2D eigenvalue weighted by molar-refractivity contribution is 0.00578. The molecular formula is C16H22BClO3S. The third-order valence-corrected chi connectivity index (χ3v) is 4.99. The van der Waals surface area contributed by atoms with E-state index < -0.39 is 7.12 Å². The number of methoxy groups -OCH3 is 1. The quantitative estimate of drug-likeness (QED) is 0.654. The maximum Gasteiger partial charge on any atom is 0.491 e. The van der Waals surface area contributed by atoms with E-state index in [1.54, 1.807) is 7.11 Å². The van der Waals surface area contributed by atoms with Gasteiger partial charge in [-0.3, -0.25) is 0 Å². The largest absolute Gasteiger partial charge is 0.497 e. The number of benzene rings is 1. The molecule has 6 heteroatoms. The zero-order valence-corrected chi connectivity index (χ0v) is 15.3. The van der Waals surface area contributed by atoms with E-state index in [4.69, 9.17) is 25.6 Å². The fourth-order valence-electron chi connectivity index (χ4n) is 2.14. The van der Waals surface area contributed by atoms with E-state index >= 15 is 0 Å². The number of hydrogen-bond acceptors (Lipinski definition) is 4. The Balaban J connectivity index is 2.33. The molecular weight excluding hydrogens is 319 g/mol. The number of thiol groups is 1. The zero-order valence-electron chi connectivity index (χ0n) is 13.6. The molecule has 120 valence electrons. The average Bonchev–Trinajstić information content (AvgIpc) is 2.66. The molecule has 1 fully saturated rings. The monoisotopic (exact) mass is 340 g/mol. The van der Waals surface area contributed by atoms with Crippen molar-refractivity contribution < 1.29 is 14.0 Å². The van der Waals surface area contributed by atoms with Crippen LogP contribution in [0.25, 0.3) is 6.08 Å². The zero-order chi connectivity index (χ0) is 16.5. The highest BCUT2D eigenvalue weighted by Gasteiger charge is 2.52. The predicted octanol–water partition coefficient (Wildman–Crippen LogP) is 4.29. The van der Waals surface area contributed by atoms with Crippen LogP contribution >= 0.6 is 24.2 Å². The first-order chi connectivity index (χ1) is 10.2. The van der Waals surface area contributed by atoms with Gasteiger partial charge in [0.05, 0.1) is 18.3 Å². The standard InChI is InChI=1S/C16H22BClO3S/c1-15(2)16(3,4)21-17(20-15)12(10-22)8-11-9-13(19-5)6-7-14(11)18/h6-9,22H,10H2,1-5H3. The van der Waals surface area contributed by atoms with Crippen LogP contribution in [0, 0.1) is 0 Å². The maximum atomic E-state index is 6.27. The molecule has 0 saturated carbocycles. The first-order valence-electron chi connectivity index (χ1n) is 7.20. The summed E-state index contributed by atoms with van der Waals surface area (Å²) in [5.41, 5.74) is 1.03. The molecule has 1 aliphatic heterocycles. The molecule has 0 atom stereocenters. The van der Waals surface area contributed by atoms with Gasteiger partial charge in [-0.25, -0.2) is 0 Å². The van der Waals surface area contributed by atoms with Crippen LogP contribution < -0.4 is 4.74 Å². The van der Waals surface area contributed by atoms with Gasteiger partial charge in [0.1, 0.15) is 5.75 Å². The van der Waals surface area contributed by atoms with E-state index in [9.17, 15) is 0 Å². The molecule has 0 N–H and O–H groups in total. The molecule has 0 aromatic heterocycles. The van der Waals surface area contributed by atoms with E-state index in [0.29, 0.717) is 10.8 Å². The molecule has 1 aromatic rings. The lowest BCUT2D eigenvalue weighted by Crippen LogP contribution is -2.41. The van der Waals surface area contributed by atoms with E-state index in [-0.39, 0.29) is 11.2 Å². The van der Waals surface area contributed by atoms with Crippen molar-refractivity contribution in [2.45, 2.75) is 38.9 Å². The van der Waals surface area contributed by atoms with E-state index in [1.807, 2.05) is 52.0 Å². The number of ether oxygens (including phenoxy) is 1. The SMILES string of the molecule is COc1ccc(Cl)c(C=C(CS)B2OC(C)(C)C(C)(C)O2)c1. The smallest absolute Gasteiger partial charge is 0.491 e. The second-order valence-electron chi connectivity index (χ2n) is 6.35. The van der Waals surface area contributed by atoms with Gasteiger partial charge in [-0.05, 0) is 56.9 Å². The van der Waals surface area contributed by atoms with Crippen molar-refractivity contribution in [2.24, 2.45) is 0 Å². The summed E-state index contributed by atoms with van der Waals surface area (Å²) in [6.45, 7) is 8.12. The third kappa shape index (κ3) is 3.48. The van der Waals surface area contributed by atoms with Crippen LogP contribution in [-0.2, 0) is 9.31 Å². The summed E-state index contributed by atoms with van der Waals surface area (Å²) >= 11 is 10.7. The molecule has 1 aliphatic rings. The fraction of sp³-hybridized carbons (Fsp3) is 0.500. The topological polar surface area (TPSA) is 27.7 Å². The maximum absolute atomic E-state index is 6.27.